The van der Waals surface area contributed by atoms with Gasteiger partial charge in [-0.25, -0.2) is 8.78 Å². The highest BCUT2D eigenvalue weighted by atomic mass is 19.1. The summed E-state index contributed by atoms with van der Waals surface area (Å²) in [6, 6.07) is 11.9. The van der Waals surface area contributed by atoms with E-state index in [2.05, 4.69) is 24.4 Å². The molecular weight excluding hydrogens is 268 g/mol. The van der Waals surface area contributed by atoms with Crippen molar-refractivity contribution in [2.45, 2.75) is 39.2 Å². The van der Waals surface area contributed by atoms with Gasteiger partial charge in [0.05, 0.1) is 0 Å². The first kappa shape index (κ1) is 15.5. The zero-order chi connectivity index (χ0) is 15.2. The molecule has 0 aromatic heterocycles. The highest BCUT2D eigenvalue weighted by Gasteiger charge is 2.12. The molecule has 1 nitrogen and oxygen atoms in total. The Morgan fingerprint density at radius 2 is 1.62 bits per heavy atom. The maximum atomic E-state index is 13.6. The number of nitrogens with one attached hydrogen (secondary N) is 1. The van der Waals surface area contributed by atoms with Gasteiger partial charge in [0.1, 0.15) is 17.3 Å². The van der Waals surface area contributed by atoms with Gasteiger partial charge in [0.15, 0.2) is 0 Å². The number of aryl methyl sites for hydroxylation is 1. The Balaban J connectivity index is 2.08. The molecule has 2 rings (SSSR count). The Hall–Kier alpha value is -1.90. The molecule has 2 aromatic rings. The van der Waals surface area contributed by atoms with Crippen LogP contribution in [0.15, 0.2) is 42.5 Å². The SMILES string of the molecule is CCCCc1ccc(C(C)Nc2c(F)cccc2F)cc1. The van der Waals surface area contributed by atoms with Gasteiger partial charge in [0.2, 0.25) is 0 Å². The average Bonchev–Trinajstić information content (AvgIpc) is 2.49. The van der Waals surface area contributed by atoms with Gasteiger partial charge >= 0.3 is 0 Å². The molecule has 0 bridgehead atoms. The average molecular weight is 289 g/mol. The number of rotatable bonds is 6. The summed E-state index contributed by atoms with van der Waals surface area (Å²) in [4.78, 5) is 0. The second-order valence-electron chi connectivity index (χ2n) is 5.31. The van der Waals surface area contributed by atoms with Crippen LogP contribution in [0.1, 0.15) is 43.9 Å². The third-order valence-corrected chi connectivity index (χ3v) is 3.62. The number of benzene rings is 2. The van der Waals surface area contributed by atoms with Crippen LogP contribution in [0.3, 0.4) is 0 Å². The lowest BCUT2D eigenvalue weighted by molar-refractivity contribution is 0.584. The highest BCUT2D eigenvalue weighted by Crippen LogP contribution is 2.24. The normalized spacial score (nSPS) is 12.2. The van der Waals surface area contributed by atoms with Gasteiger partial charge in [0, 0.05) is 6.04 Å². The van der Waals surface area contributed by atoms with Crippen molar-refractivity contribution in [2.24, 2.45) is 0 Å². The number of unbranched alkanes of at least 4 members (excludes halogenated alkanes) is 1. The largest absolute Gasteiger partial charge is 0.374 e. The van der Waals surface area contributed by atoms with Gasteiger partial charge in [-0.2, -0.15) is 0 Å². The minimum absolute atomic E-state index is 0.0694. The summed E-state index contributed by atoms with van der Waals surface area (Å²) in [5.41, 5.74) is 2.24. The quantitative estimate of drug-likeness (QED) is 0.742. The van der Waals surface area contributed by atoms with Crippen molar-refractivity contribution in [3.8, 4) is 0 Å². The monoisotopic (exact) mass is 289 g/mol. The van der Waals surface area contributed by atoms with E-state index in [1.807, 2.05) is 19.1 Å². The summed E-state index contributed by atoms with van der Waals surface area (Å²) in [6.45, 7) is 4.07. The second kappa shape index (κ2) is 7.21. The smallest absolute Gasteiger partial charge is 0.149 e. The van der Waals surface area contributed by atoms with Crippen LogP contribution >= 0.6 is 0 Å². The van der Waals surface area contributed by atoms with Crippen LogP contribution in [0, 0.1) is 11.6 Å². The summed E-state index contributed by atoms with van der Waals surface area (Å²) in [5, 5.41) is 2.91. The lowest BCUT2D eigenvalue weighted by Crippen LogP contribution is -2.09. The first-order valence-electron chi connectivity index (χ1n) is 7.41. The van der Waals surface area contributed by atoms with Gasteiger partial charge in [-0.1, -0.05) is 43.7 Å². The first-order chi connectivity index (χ1) is 10.1. The standard InChI is InChI=1S/C18H21F2N/c1-3-4-6-14-9-11-15(12-10-14)13(2)21-18-16(19)7-5-8-17(18)20/h5,7-13,21H,3-4,6H2,1-2H3. The van der Waals surface area contributed by atoms with Crippen molar-refractivity contribution in [1.82, 2.24) is 0 Å². The Kier molecular flexibility index (Phi) is 5.32. The minimum Gasteiger partial charge on any atom is -0.374 e. The van der Waals surface area contributed by atoms with Gasteiger partial charge in [0.25, 0.3) is 0 Å². The van der Waals surface area contributed by atoms with Crippen molar-refractivity contribution < 1.29 is 8.78 Å². The molecule has 0 amide bonds. The van der Waals surface area contributed by atoms with Crippen LogP contribution in [0.4, 0.5) is 14.5 Å². The summed E-state index contributed by atoms with van der Waals surface area (Å²) in [6.07, 6.45) is 3.42. The van der Waals surface area contributed by atoms with Crippen molar-refractivity contribution in [1.29, 1.82) is 0 Å². The van der Waals surface area contributed by atoms with Crippen molar-refractivity contribution in [3.63, 3.8) is 0 Å². The van der Waals surface area contributed by atoms with Gasteiger partial charge in [-0.3, -0.25) is 0 Å². The molecule has 1 atom stereocenters. The van der Waals surface area contributed by atoms with E-state index < -0.39 is 11.6 Å². The molecule has 0 saturated carbocycles. The third kappa shape index (κ3) is 4.03. The van der Waals surface area contributed by atoms with E-state index in [9.17, 15) is 8.78 Å². The molecule has 0 fully saturated rings. The molecule has 0 heterocycles. The fraction of sp³-hybridized carbons (Fsp3) is 0.333. The van der Waals surface area contributed by atoms with Crippen molar-refractivity contribution in [2.75, 3.05) is 5.32 Å². The number of halogens is 2. The number of anilines is 1. The maximum absolute atomic E-state index is 13.6. The van der Waals surface area contributed by atoms with Crippen LogP contribution in [-0.4, -0.2) is 0 Å². The number of hydrogen-bond donors (Lipinski definition) is 1. The molecule has 1 N–H and O–H groups in total. The zero-order valence-electron chi connectivity index (χ0n) is 12.5. The predicted octanol–water partition coefficient (Wildman–Crippen LogP) is 5.48. The summed E-state index contributed by atoms with van der Waals surface area (Å²) in [7, 11) is 0. The lowest BCUT2D eigenvalue weighted by atomic mass is 10.0. The van der Waals surface area contributed by atoms with E-state index in [4.69, 9.17) is 0 Å². The Labute approximate surface area is 125 Å². The highest BCUT2D eigenvalue weighted by molar-refractivity contribution is 5.48. The van der Waals surface area contributed by atoms with E-state index in [1.54, 1.807) is 0 Å². The van der Waals surface area contributed by atoms with Gasteiger partial charge < -0.3 is 5.32 Å². The van der Waals surface area contributed by atoms with Gasteiger partial charge in [-0.05, 0) is 43.0 Å². The van der Waals surface area contributed by atoms with Gasteiger partial charge in [-0.15, -0.1) is 0 Å². The van der Waals surface area contributed by atoms with Crippen LogP contribution in [-0.2, 0) is 6.42 Å². The fourth-order valence-electron chi connectivity index (χ4n) is 2.29. The maximum Gasteiger partial charge on any atom is 0.149 e. The van der Waals surface area contributed by atoms with E-state index >= 15 is 0 Å². The van der Waals surface area contributed by atoms with E-state index in [1.165, 1.54) is 36.6 Å². The number of para-hydroxylation sites is 1. The zero-order valence-corrected chi connectivity index (χ0v) is 12.5. The molecule has 0 aliphatic heterocycles. The topological polar surface area (TPSA) is 12.0 Å². The fourth-order valence-corrected chi connectivity index (χ4v) is 2.29. The molecular formula is C18H21F2N. The lowest BCUT2D eigenvalue weighted by Gasteiger charge is -2.17. The Morgan fingerprint density at radius 3 is 2.19 bits per heavy atom. The van der Waals surface area contributed by atoms with Crippen molar-refractivity contribution >= 4 is 5.69 Å². The molecule has 21 heavy (non-hydrogen) atoms. The molecule has 1 unspecified atom stereocenters. The molecule has 2 aromatic carbocycles. The van der Waals surface area contributed by atoms with E-state index in [0.717, 1.165) is 12.0 Å². The van der Waals surface area contributed by atoms with Crippen LogP contribution in [0.5, 0.6) is 0 Å². The van der Waals surface area contributed by atoms with Crippen molar-refractivity contribution in [3.05, 3.63) is 65.2 Å². The van der Waals surface area contributed by atoms with Crippen LogP contribution in [0.2, 0.25) is 0 Å². The van der Waals surface area contributed by atoms with E-state index in [0.29, 0.717) is 0 Å². The molecule has 0 radical (unpaired) electrons. The second-order valence-corrected chi connectivity index (χ2v) is 5.31. The third-order valence-electron chi connectivity index (χ3n) is 3.62. The Bertz CT molecular complexity index is 558. The molecule has 3 heteroatoms. The van der Waals surface area contributed by atoms with E-state index in [-0.39, 0.29) is 11.7 Å². The summed E-state index contributed by atoms with van der Waals surface area (Å²) < 4.78 is 27.3. The summed E-state index contributed by atoms with van der Waals surface area (Å²) >= 11 is 0. The predicted molar refractivity (Wildman–Crippen MR) is 83.4 cm³/mol. The number of hydrogen-bond acceptors (Lipinski definition) is 1. The van der Waals surface area contributed by atoms with Crippen LogP contribution in [0.25, 0.3) is 0 Å². The minimum atomic E-state index is -0.568. The molecule has 0 saturated heterocycles. The Morgan fingerprint density at radius 1 is 1.00 bits per heavy atom. The first-order valence-corrected chi connectivity index (χ1v) is 7.41. The molecule has 0 aliphatic carbocycles. The summed E-state index contributed by atoms with van der Waals surface area (Å²) in [5.74, 6) is -1.14. The van der Waals surface area contributed by atoms with Crippen LogP contribution < -0.4 is 5.32 Å². The molecule has 0 spiro atoms. The molecule has 0 aliphatic rings. The molecule has 112 valence electrons.